The van der Waals surface area contributed by atoms with Gasteiger partial charge < -0.3 is 11.5 Å². The maximum atomic E-state index is 13.8. The summed E-state index contributed by atoms with van der Waals surface area (Å²) in [6.45, 7) is 3.84. The van der Waals surface area contributed by atoms with Gasteiger partial charge in [-0.2, -0.15) is 10.5 Å². The molecule has 3 rings (SSSR count). The number of carbonyl (C=O) groups excluding carboxylic acids is 1. The monoisotopic (exact) mass is 415 g/mol. The summed E-state index contributed by atoms with van der Waals surface area (Å²) in [6.07, 6.45) is 3.46. The largest absolute Gasteiger partial charge is 0.305 e. The Morgan fingerprint density at radius 1 is 0.968 bits per heavy atom. The summed E-state index contributed by atoms with van der Waals surface area (Å²) >= 11 is 0. The second-order valence-corrected chi connectivity index (χ2v) is 8.24. The van der Waals surface area contributed by atoms with Gasteiger partial charge >= 0.3 is 0 Å². The molecule has 0 radical (unpaired) electrons. The normalized spacial score (nSPS) is 17.4. The highest BCUT2D eigenvalue weighted by Gasteiger charge is 2.50. The van der Waals surface area contributed by atoms with Crippen LogP contribution in [0, 0.1) is 28.6 Å². The fourth-order valence-electron chi connectivity index (χ4n) is 4.29. The first-order valence-corrected chi connectivity index (χ1v) is 10.8. The molecule has 31 heavy (non-hydrogen) atoms. The molecular formula is C25H29N5O. The van der Waals surface area contributed by atoms with Gasteiger partial charge in [0.2, 0.25) is 5.91 Å². The molecular weight excluding hydrogens is 386 g/mol. The van der Waals surface area contributed by atoms with E-state index in [2.05, 4.69) is 12.1 Å². The van der Waals surface area contributed by atoms with E-state index < -0.39 is 11.3 Å². The topological polar surface area (TPSA) is 120 Å². The summed E-state index contributed by atoms with van der Waals surface area (Å²) in [4.78, 5) is 15.5. The Morgan fingerprint density at radius 3 is 1.74 bits per heavy atom. The van der Waals surface area contributed by atoms with Gasteiger partial charge in [0.05, 0.1) is 23.3 Å². The van der Waals surface area contributed by atoms with Crippen molar-refractivity contribution in [3.63, 3.8) is 0 Å². The minimum atomic E-state index is -1.22. The molecule has 0 heterocycles. The van der Waals surface area contributed by atoms with Gasteiger partial charge in [-0.1, -0.05) is 44.5 Å². The summed E-state index contributed by atoms with van der Waals surface area (Å²) in [5, 5.41) is 18.8. The second-order valence-electron chi connectivity index (χ2n) is 8.24. The first-order valence-electron chi connectivity index (χ1n) is 10.8. The number of nitrogens with zero attached hydrogens (tertiary/aromatic N) is 3. The third kappa shape index (κ3) is 3.93. The summed E-state index contributed by atoms with van der Waals surface area (Å²) in [6, 6.07) is 18.4. The number of nitriles is 2. The molecule has 0 aliphatic heterocycles. The van der Waals surface area contributed by atoms with Gasteiger partial charge in [0.1, 0.15) is 11.3 Å². The molecule has 6 nitrogen and oxygen atoms in total. The average molecular weight is 416 g/mol. The predicted molar refractivity (Wildman–Crippen MR) is 119 cm³/mol. The number of amides is 1. The summed E-state index contributed by atoms with van der Waals surface area (Å²) in [5.41, 5.74) is 13.9. The highest BCUT2D eigenvalue weighted by Crippen LogP contribution is 2.42. The van der Waals surface area contributed by atoms with Gasteiger partial charge in [-0.05, 0) is 61.1 Å². The van der Waals surface area contributed by atoms with E-state index in [1.54, 1.807) is 41.3 Å². The highest BCUT2D eigenvalue weighted by atomic mass is 16.2. The maximum Gasteiger partial charge on any atom is 0.229 e. The predicted octanol–water partition coefficient (Wildman–Crippen LogP) is 3.80. The van der Waals surface area contributed by atoms with E-state index in [0.717, 1.165) is 19.3 Å². The molecule has 1 saturated carbocycles. The van der Waals surface area contributed by atoms with E-state index in [0.29, 0.717) is 35.1 Å². The Hall–Kier alpha value is -3.19. The number of nitrogens with two attached hydrogens (primary N) is 2. The number of rotatable bonds is 7. The van der Waals surface area contributed by atoms with E-state index in [-0.39, 0.29) is 11.8 Å². The molecule has 2 aromatic carbocycles. The van der Waals surface area contributed by atoms with Crippen molar-refractivity contribution in [1.82, 2.24) is 4.90 Å². The Labute approximate surface area is 184 Å². The van der Waals surface area contributed by atoms with Gasteiger partial charge in [0.25, 0.3) is 0 Å². The third-order valence-electron chi connectivity index (χ3n) is 6.53. The zero-order valence-corrected chi connectivity index (χ0v) is 18.1. The first kappa shape index (κ1) is 22.5. The minimum absolute atomic E-state index is 0.0790. The standard InChI is InChI=1S/C25H29N5O/c1-3-24(28,21-12-5-8-18(14-21)16-26)30(23(31)20-10-7-11-20)25(29,4-2)22-13-6-9-19(15-22)17-27/h5-6,8-9,12-15,20H,3-4,7,10-11,28-29H2,1-2H3. The van der Waals surface area contributed by atoms with E-state index in [1.807, 2.05) is 26.0 Å². The fraction of sp³-hybridized carbons (Fsp3) is 0.400. The Morgan fingerprint density at radius 2 is 1.42 bits per heavy atom. The van der Waals surface area contributed by atoms with Crippen LogP contribution in [0.1, 0.15) is 68.2 Å². The molecule has 6 heteroatoms. The van der Waals surface area contributed by atoms with Crippen molar-refractivity contribution < 1.29 is 4.79 Å². The van der Waals surface area contributed by atoms with E-state index in [4.69, 9.17) is 11.5 Å². The molecule has 1 aliphatic carbocycles. The number of carbonyl (C=O) groups is 1. The number of hydrogen-bond acceptors (Lipinski definition) is 5. The van der Waals surface area contributed by atoms with Gasteiger partial charge in [-0.3, -0.25) is 9.69 Å². The van der Waals surface area contributed by atoms with Gasteiger partial charge in [0.15, 0.2) is 0 Å². The molecule has 2 atom stereocenters. The van der Waals surface area contributed by atoms with Crippen molar-refractivity contribution in [2.45, 2.75) is 57.3 Å². The minimum Gasteiger partial charge on any atom is -0.305 e. The lowest BCUT2D eigenvalue weighted by Gasteiger charge is -2.53. The summed E-state index contributed by atoms with van der Waals surface area (Å²) in [5.74, 6) is -0.202. The molecule has 0 spiro atoms. The summed E-state index contributed by atoms with van der Waals surface area (Å²) in [7, 11) is 0. The van der Waals surface area contributed by atoms with Crippen molar-refractivity contribution in [1.29, 1.82) is 10.5 Å². The van der Waals surface area contributed by atoms with Crippen LogP contribution in [0.4, 0.5) is 0 Å². The molecule has 2 aromatic rings. The zero-order valence-electron chi connectivity index (χ0n) is 18.1. The molecule has 160 valence electrons. The van der Waals surface area contributed by atoms with Crippen molar-refractivity contribution in [2.75, 3.05) is 0 Å². The van der Waals surface area contributed by atoms with Crippen LogP contribution in [-0.2, 0) is 16.1 Å². The Balaban J connectivity index is 2.24. The van der Waals surface area contributed by atoms with Gasteiger partial charge in [-0.15, -0.1) is 0 Å². The SMILES string of the molecule is CCC(N)(c1cccc(C#N)c1)N(C(=O)C1CCC1)C(N)(CC)c1cccc(C#N)c1. The lowest BCUT2D eigenvalue weighted by Crippen LogP contribution is -2.68. The van der Waals surface area contributed by atoms with Crippen molar-refractivity contribution in [3.8, 4) is 12.1 Å². The van der Waals surface area contributed by atoms with Crippen LogP contribution in [0.25, 0.3) is 0 Å². The molecule has 2 unspecified atom stereocenters. The van der Waals surface area contributed by atoms with Crippen LogP contribution in [0.15, 0.2) is 48.5 Å². The van der Waals surface area contributed by atoms with Gasteiger partial charge in [-0.25, -0.2) is 0 Å². The van der Waals surface area contributed by atoms with Crippen LogP contribution >= 0.6 is 0 Å². The smallest absolute Gasteiger partial charge is 0.229 e. The zero-order chi connectivity index (χ0) is 22.6. The Kier molecular flexibility index (Phi) is 6.45. The molecule has 1 fully saturated rings. The number of benzene rings is 2. The van der Waals surface area contributed by atoms with Crippen molar-refractivity contribution >= 4 is 5.91 Å². The number of hydrogen-bond donors (Lipinski definition) is 2. The third-order valence-corrected chi connectivity index (χ3v) is 6.53. The average Bonchev–Trinajstić information content (AvgIpc) is 2.77. The van der Waals surface area contributed by atoms with Crippen LogP contribution < -0.4 is 11.5 Å². The van der Waals surface area contributed by atoms with Crippen LogP contribution in [0.2, 0.25) is 0 Å². The maximum absolute atomic E-state index is 13.8. The molecule has 0 bridgehead atoms. The second kappa shape index (κ2) is 8.89. The molecule has 1 aliphatic rings. The van der Waals surface area contributed by atoms with Gasteiger partial charge in [0, 0.05) is 5.92 Å². The van der Waals surface area contributed by atoms with Crippen molar-refractivity contribution in [2.24, 2.45) is 17.4 Å². The summed E-state index contributed by atoms with van der Waals surface area (Å²) < 4.78 is 0. The fourth-order valence-corrected chi connectivity index (χ4v) is 4.29. The molecule has 0 aromatic heterocycles. The van der Waals surface area contributed by atoms with Crippen LogP contribution in [0.5, 0.6) is 0 Å². The lowest BCUT2D eigenvalue weighted by molar-refractivity contribution is -0.158. The Bertz CT molecular complexity index is 977. The van der Waals surface area contributed by atoms with Crippen LogP contribution in [0.3, 0.4) is 0 Å². The lowest BCUT2D eigenvalue weighted by atomic mass is 9.80. The first-order chi connectivity index (χ1) is 14.8. The highest BCUT2D eigenvalue weighted by molar-refractivity contribution is 5.81. The quantitative estimate of drug-likeness (QED) is 0.666. The van der Waals surface area contributed by atoms with E-state index in [9.17, 15) is 15.3 Å². The van der Waals surface area contributed by atoms with Crippen molar-refractivity contribution in [3.05, 3.63) is 70.8 Å². The van der Waals surface area contributed by atoms with Crippen LogP contribution in [-0.4, -0.2) is 10.8 Å². The van der Waals surface area contributed by atoms with E-state index in [1.165, 1.54) is 0 Å². The van der Waals surface area contributed by atoms with E-state index >= 15 is 0 Å². The molecule has 0 saturated heterocycles. The molecule has 1 amide bonds. The molecule has 4 N–H and O–H groups in total.